The van der Waals surface area contributed by atoms with E-state index in [1.165, 1.54) is 7.05 Å². The predicted molar refractivity (Wildman–Crippen MR) is 58.1 cm³/mol. The number of ether oxygens (including phenoxy) is 1. The van der Waals surface area contributed by atoms with Crippen LogP contribution in [0.15, 0.2) is 4.99 Å². The van der Waals surface area contributed by atoms with Crippen molar-refractivity contribution >= 4 is 18.0 Å². The molecular formula is C9H17N3O4. The monoisotopic (exact) mass is 231 g/mol. The molecule has 0 aliphatic rings. The summed E-state index contributed by atoms with van der Waals surface area (Å²) in [5.74, 6) is -1.26. The van der Waals surface area contributed by atoms with Crippen molar-refractivity contribution in [3.8, 4) is 0 Å². The number of nitrogens with zero attached hydrogens (tertiary/aromatic N) is 2. The molecule has 0 atom stereocenters. The van der Waals surface area contributed by atoms with Gasteiger partial charge in [0.15, 0.2) is 0 Å². The van der Waals surface area contributed by atoms with Crippen molar-refractivity contribution in [2.75, 3.05) is 13.6 Å². The van der Waals surface area contributed by atoms with Gasteiger partial charge in [0, 0.05) is 7.05 Å². The number of carbonyl (C=O) groups is 2. The van der Waals surface area contributed by atoms with Crippen LogP contribution in [0.5, 0.6) is 0 Å². The molecule has 3 N–H and O–H groups in total. The molecule has 0 saturated carbocycles. The molecule has 16 heavy (non-hydrogen) atoms. The van der Waals surface area contributed by atoms with Crippen molar-refractivity contribution < 1.29 is 19.4 Å². The van der Waals surface area contributed by atoms with Crippen LogP contribution in [0.2, 0.25) is 0 Å². The van der Waals surface area contributed by atoms with E-state index in [0.29, 0.717) is 0 Å². The van der Waals surface area contributed by atoms with Crippen LogP contribution in [0.3, 0.4) is 0 Å². The number of likely N-dealkylation sites (N-methyl/N-ethyl adjacent to an activating group) is 1. The number of amides is 1. The molecule has 0 bridgehead atoms. The minimum Gasteiger partial charge on any atom is -0.480 e. The number of carboxylic acid groups (broad SMARTS) is 1. The second kappa shape index (κ2) is 5.34. The fourth-order valence-electron chi connectivity index (χ4n) is 0.748. The number of aliphatic imine (C=N–C) groups is 1. The van der Waals surface area contributed by atoms with Crippen molar-refractivity contribution in [3.05, 3.63) is 0 Å². The first-order valence-corrected chi connectivity index (χ1v) is 4.62. The Kier molecular flexibility index (Phi) is 4.74. The SMILES string of the molecule is CN(CC(=O)O)C(N)=NC(=O)OC(C)(C)C. The van der Waals surface area contributed by atoms with Gasteiger partial charge in [-0.2, -0.15) is 0 Å². The van der Waals surface area contributed by atoms with Crippen LogP contribution < -0.4 is 5.73 Å². The molecule has 0 saturated heterocycles. The van der Waals surface area contributed by atoms with E-state index in [1.54, 1.807) is 20.8 Å². The van der Waals surface area contributed by atoms with Gasteiger partial charge in [-0.1, -0.05) is 0 Å². The number of hydrogen-bond acceptors (Lipinski definition) is 3. The number of aliphatic carboxylic acids is 1. The van der Waals surface area contributed by atoms with Crippen LogP contribution >= 0.6 is 0 Å². The smallest absolute Gasteiger partial charge is 0.437 e. The number of nitrogens with two attached hydrogens (primary N) is 1. The second-order valence-corrected chi connectivity index (χ2v) is 4.20. The standard InChI is InChI=1S/C9H17N3O4/c1-9(2,3)16-8(15)11-7(10)12(4)5-6(13)14/h5H2,1-4H3,(H,13,14)(H2,10,11,15). The molecule has 0 aliphatic heterocycles. The molecule has 0 aliphatic carbocycles. The average molecular weight is 231 g/mol. The molecule has 0 rings (SSSR count). The van der Waals surface area contributed by atoms with Crippen molar-refractivity contribution in [1.29, 1.82) is 0 Å². The highest BCUT2D eigenvalue weighted by Crippen LogP contribution is 2.07. The Hall–Kier alpha value is -1.79. The highest BCUT2D eigenvalue weighted by atomic mass is 16.6. The first kappa shape index (κ1) is 14.2. The van der Waals surface area contributed by atoms with Gasteiger partial charge in [-0.3, -0.25) is 4.79 Å². The lowest BCUT2D eigenvalue weighted by Gasteiger charge is -2.19. The molecule has 0 spiro atoms. The summed E-state index contributed by atoms with van der Waals surface area (Å²) in [6.45, 7) is 4.74. The van der Waals surface area contributed by atoms with Gasteiger partial charge in [0.05, 0.1) is 0 Å². The quantitative estimate of drug-likeness (QED) is 0.521. The lowest BCUT2D eigenvalue weighted by atomic mass is 10.2. The molecule has 92 valence electrons. The summed E-state index contributed by atoms with van der Waals surface area (Å²) in [6, 6.07) is 0. The van der Waals surface area contributed by atoms with E-state index in [1.807, 2.05) is 0 Å². The van der Waals surface area contributed by atoms with E-state index in [4.69, 9.17) is 15.6 Å². The number of carbonyl (C=O) groups excluding carboxylic acids is 1. The molecule has 0 aromatic carbocycles. The van der Waals surface area contributed by atoms with Gasteiger partial charge in [-0.15, -0.1) is 4.99 Å². The van der Waals surface area contributed by atoms with Gasteiger partial charge in [-0.25, -0.2) is 4.79 Å². The van der Waals surface area contributed by atoms with Gasteiger partial charge in [0.25, 0.3) is 0 Å². The Morgan fingerprint density at radius 1 is 1.44 bits per heavy atom. The van der Waals surface area contributed by atoms with E-state index in [2.05, 4.69) is 4.99 Å². The molecule has 7 nitrogen and oxygen atoms in total. The van der Waals surface area contributed by atoms with Gasteiger partial charge in [-0.05, 0) is 20.8 Å². The number of rotatable bonds is 2. The largest absolute Gasteiger partial charge is 0.480 e. The molecule has 0 aromatic rings. The Bertz CT molecular complexity index is 306. The van der Waals surface area contributed by atoms with Gasteiger partial charge in [0.1, 0.15) is 12.1 Å². The second-order valence-electron chi connectivity index (χ2n) is 4.20. The predicted octanol–water partition coefficient (Wildman–Crippen LogP) is 0.253. The zero-order valence-corrected chi connectivity index (χ0v) is 9.85. The van der Waals surface area contributed by atoms with E-state index in [0.717, 1.165) is 4.90 Å². The summed E-state index contributed by atoms with van der Waals surface area (Å²) in [7, 11) is 1.41. The molecule has 0 radical (unpaired) electrons. The minimum atomic E-state index is -1.06. The summed E-state index contributed by atoms with van der Waals surface area (Å²) in [5.41, 5.74) is 4.74. The fraction of sp³-hybridized carbons (Fsp3) is 0.667. The molecule has 0 aromatic heterocycles. The Morgan fingerprint density at radius 3 is 2.31 bits per heavy atom. The van der Waals surface area contributed by atoms with Gasteiger partial charge < -0.3 is 20.5 Å². The maximum atomic E-state index is 11.2. The topological polar surface area (TPSA) is 105 Å². The fourth-order valence-corrected chi connectivity index (χ4v) is 0.748. The summed E-state index contributed by atoms with van der Waals surface area (Å²) in [5, 5.41) is 8.48. The first-order valence-electron chi connectivity index (χ1n) is 4.62. The molecule has 0 unspecified atom stereocenters. The Morgan fingerprint density at radius 2 is 1.94 bits per heavy atom. The van der Waals surface area contributed by atoms with Crippen LogP contribution in [0, 0.1) is 0 Å². The number of carboxylic acids is 1. The summed E-state index contributed by atoms with van der Waals surface area (Å²) in [4.78, 5) is 26.1. The van der Waals surface area contributed by atoms with Gasteiger partial charge in [0.2, 0.25) is 5.96 Å². The Balaban J connectivity index is 4.42. The third kappa shape index (κ3) is 6.63. The molecule has 7 heteroatoms. The van der Waals surface area contributed by atoms with Crippen LogP contribution in [-0.2, 0) is 9.53 Å². The third-order valence-electron chi connectivity index (χ3n) is 1.36. The highest BCUT2D eigenvalue weighted by molar-refractivity contribution is 5.90. The summed E-state index contributed by atoms with van der Waals surface area (Å²) in [6.07, 6.45) is -0.845. The van der Waals surface area contributed by atoms with Crippen molar-refractivity contribution in [1.82, 2.24) is 4.90 Å². The minimum absolute atomic E-state index is 0.198. The van der Waals surface area contributed by atoms with Crippen LogP contribution in [0.25, 0.3) is 0 Å². The maximum Gasteiger partial charge on any atom is 0.437 e. The van der Waals surface area contributed by atoms with Crippen molar-refractivity contribution in [2.24, 2.45) is 10.7 Å². The third-order valence-corrected chi connectivity index (χ3v) is 1.36. The lowest BCUT2D eigenvalue weighted by Crippen LogP contribution is -2.38. The molecule has 0 fully saturated rings. The summed E-state index contributed by atoms with van der Waals surface area (Å²) < 4.78 is 4.88. The molecule has 0 heterocycles. The van der Waals surface area contributed by atoms with E-state index < -0.39 is 17.7 Å². The van der Waals surface area contributed by atoms with Crippen molar-refractivity contribution in [2.45, 2.75) is 26.4 Å². The molecular weight excluding hydrogens is 214 g/mol. The molecule has 1 amide bonds. The normalized spacial score (nSPS) is 12.1. The van der Waals surface area contributed by atoms with E-state index in [-0.39, 0.29) is 12.5 Å². The van der Waals surface area contributed by atoms with Gasteiger partial charge >= 0.3 is 12.1 Å². The summed E-state index contributed by atoms with van der Waals surface area (Å²) >= 11 is 0. The van der Waals surface area contributed by atoms with Crippen LogP contribution in [0.4, 0.5) is 4.79 Å². The van der Waals surface area contributed by atoms with Crippen LogP contribution in [-0.4, -0.2) is 47.2 Å². The first-order chi connectivity index (χ1) is 7.11. The number of guanidine groups is 1. The highest BCUT2D eigenvalue weighted by Gasteiger charge is 2.17. The maximum absolute atomic E-state index is 11.2. The average Bonchev–Trinajstić information content (AvgIpc) is 1.98. The zero-order chi connectivity index (χ0) is 12.9. The Labute approximate surface area is 93.9 Å². The lowest BCUT2D eigenvalue weighted by molar-refractivity contribution is -0.137. The van der Waals surface area contributed by atoms with Crippen molar-refractivity contribution in [3.63, 3.8) is 0 Å². The zero-order valence-electron chi connectivity index (χ0n) is 9.85. The van der Waals surface area contributed by atoms with Crippen LogP contribution in [0.1, 0.15) is 20.8 Å². The number of hydrogen-bond donors (Lipinski definition) is 2. The van der Waals surface area contributed by atoms with E-state index >= 15 is 0 Å². The van der Waals surface area contributed by atoms with E-state index in [9.17, 15) is 9.59 Å².